The van der Waals surface area contributed by atoms with E-state index in [1.807, 2.05) is 37.1 Å². The van der Waals surface area contributed by atoms with E-state index in [9.17, 15) is 4.79 Å². The Morgan fingerprint density at radius 1 is 1.53 bits per heavy atom. The van der Waals surface area contributed by atoms with E-state index in [4.69, 9.17) is 0 Å². The van der Waals surface area contributed by atoms with E-state index >= 15 is 0 Å². The van der Waals surface area contributed by atoms with Crippen LogP contribution in [0.15, 0.2) is 30.7 Å². The number of rotatable bonds is 5. The second-order valence-corrected chi connectivity index (χ2v) is 4.16. The lowest BCUT2D eigenvalue weighted by atomic mass is 10.3. The van der Waals surface area contributed by atoms with Crippen LogP contribution in [-0.2, 0) is 24.9 Å². The zero-order valence-electron chi connectivity index (χ0n) is 11.1. The molecule has 0 unspecified atom stereocenters. The molecule has 19 heavy (non-hydrogen) atoms. The average molecular weight is 259 g/mol. The normalized spacial score (nSPS) is 11.1. The summed E-state index contributed by atoms with van der Waals surface area (Å²) in [6, 6.07) is 1.87. The van der Waals surface area contributed by atoms with Gasteiger partial charge in [-0.1, -0.05) is 0 Å². The van der Waals surface area contributed by atoms with E-state index in [1.165, 1.54) is 6.08 Å². The highest BCUT2D eigenvalue weighted by molar-refractivity contribution is 5.91. The molecule has 0 aliphatic rings. The Morgan fingerprint density at radius 3 is 3.00 bits per heavy atom. The van der Waals surface area contributed by atoms with Gasteiger partial charge in [-0.25, -0.2) is 0 Å². The molecule has 0 saturated carbocycles. The van der Waals surface area contributed by atoms with Crippen molar-refractivity contribution in [3.05, 3.63) is 42.0 Å². The topological polar surface area (TPSA) is 64.7 Å². The molecule has 2 aromatic rings. The number of aryl methyl sites for hydroxylation is 2. The number of nitrogens with zero attached hydrogens (tertiary/aromatic N) is 4. The van der Waals surface area contributed by atoms with Crippen molar-refractivity contribution in [2.75, 3.05) is 0 Å². The van der Waals surface area contributed by atoms with Crippen LogP contribution in [0.25, 0.3) is 6.08 Å². The maximum atomic E-state index is 11.6. The highest BCUT2D eigenvalue weighted by atomic mass is 16.1. The third-order valence-corrected chi connectivity index (χ3v) is 2.62. The fourth-order valence-electron chi connectivity index (χ4n) is 1.60. The molecule has 1 N–H and O–H groups in total. The van der Waals surface area contributed by atoms with Crippen LogP contribution in [0.3, 0.4) is 0 Å². The second-order valence-electron chi connectivity index (χ2n) is 4.16. The van der Waals surface area contributed by atoms with Gasteiger partial charge in [0.25, 0.3) is 0 Å². The smallest absolute Gasteiger partial charge is 0.244 e. The molecular weight excluding hydrogens is 242 g/mol. The molecule has 2 heterocycles. The number of nitrogens with one attached hydrogen (secondary N) is 1. The molecule has 0 aliphatic carbocycles. The van der Waals surface area contributed by atoms with Crippen molar-refractivity contribution < 1.29 is 4.79 Å². The van der Waals surface area contributed by atoms with Gasteiger partial charge < -0.3 is 5.32 Å². The van der Waals surface area contributed by atoms with Crippen LogP contribution in [0.1, 0.15) is 18.2 Å². The largest absolute Gasteiger partial charge is 0.347 e. The van der Waals surface area contributed by atoms with Gasteiger partial charge in [0.2, 0.25) is 5.91 Å². The summed E-state index contributed by atoms with van der Waals surface area (Å²) in [5, 5.41) is 11.1. The van der Waals surface area contributed by atoms with Gasteiger partial charge in [-0.2, -0.15) is 10.2 Å². The van der Waals surface area contributed by atoms with Crippen molar-refractivity contribution in [2.45, 2.75) is 20.0 Å². The predicted octanol–water partition coefficient (Wildman–Crippen LogP) is 0.966. The van der Waals surface area contributed by atoms with Gasteiger partial charge in [-0.05, 0) is 19.1 Å². The second kappa shape index (κ2) is 5.99. The van der Waals surface area contributed by atoms with Crippen LogP contribution in [0.5, 0.6) is 0 Å². The summed E-state index contributed by atoms with van der Waals surface area (Å²) in [7, 11) is 1.84. The number of aromatic nitrogens is 4. The van der Waals surface area contributed by atoms with Crippen LogP contribution in [-0.4, -0.2) is 25.5 Å². The molecule has 2 rings (SSSR count). The number of hydrogen-bond acceptors (Lipinski definition) is 3. The SMILES string of the molecule is CCn1cc(/C=C/C(=O)NCc2ccn(C)n2)cn1. The molecule has 0 atom stereocenters. The fraction of sp³-hybridized carbons (Fsp3) is 0.308. The van der Waals surface area contributed by atoms with E-state index in [-0.39, 0.29) is 5.91 Å². The zero-order valence-corrected chi connectivity index (χ0v) is 11.1. The Labute approximate surface area is 111 Å². The summed E-state index contributed by atoms with van der Waals surface area (Å²) >= 11 is 0. The quantitative estimate of drug-likeness (QED) is 0.814. The summed E-state index contributed by atoms with van der Waals surface area (Å²) < 4.78 is 3.52. The lowest BCUT2D eigenvalue weighted by Crippen LogP contribution is -2.20. The van der Waals surface area contributed by atoms with E-state index in [0.717, 1.165) is 17.8 Å². The fourth-order valence-corrected chi connectivity index (χ4v) is 1.60. The van der Waals surface area contributed by atoms with Gasteiger partial charge in [0.1, 0.15) is 0 Å². The van der Waals surface area contributed by atoms with E-state index in [1.54, 1.807) is 17.0 Å². The molecule has 0 saturated heterocycles. The standard InChI is InChI=1S/C13H17N5O/c1-3-18-10-11(8-15-18)4-5-13(19)14-9-12-6-7-17(2)16-12/h4-8,10H,3,9H2,1-2H3,(H,14,19)/b5-4+. The van der Waals surface area contributed by atoms with Gasteiger partial charge in [0, 0.05) is 37.6 Å². The summed E-state index contributed by atoms with van der Waals surface area (Å²) in [4.78, 5) is 11.6. The Bertz CT molecular complexity index is 581. The number of amides is 1. The molecule has 0 fully saturated rings. The van der Waals surface area contributed by atoms with Crippen LogP contribution in [0.4, 0.5) is 0 Å². The summed E-state index contributed by atoms with van der Waals surface area (Å²) in [6.45, 7) is 3.26. The third-order valence-electron chi connectivity index (χ3n) is 2.62. The summed E-state index contributed by atoms with van der Waals surface area (Å²) in [5.41, 5.74) is 1.75. The van der Waals surface area contributed by atoms with Crippen LogP contribution in [0, 0.1) is 0 Å². The number of hydrogen-bond donors (Lipinski definition) is 1. The molecule has 6 heteroatoms. The van der Waals surface area contributed by atoms with Gasteiger partial charge >= 0.3 is 0 Å². The minimum Gasteiger partial charge on any atom is -0.347 e. The summed E-state index contributed by atoms with van der Waals surface area (Å²) in [6.07, 6.45) is 8.71. The van der Waals surface area contributed by atoms with E-state index in [0.29, 0.717) is 6.54 Å². The summed E-state index contributed by atoms with van der Waals surface area (Å²) in [5.74, 6) is -0.144. The first kappa shape index (κ1) is 13.1. The maximum absolute atomic E-state index is 11.6. The number of carbonyl (C=O) groups excluding carboxylic acids is 1. The molecule has 0 spiro atoms. The number of carbonyl (C=O) groups is 1. The first-order valence-electron chi connectivity index (χ1n) is 6.14. The van der Waals surface area contributed by atoms with Crippen molar-refractivity contribution in [1.29, 1.82) is 0 Å². The van der Waals surface area contributed by atoms with Crippen LogP contribution < -0.4 is 5.32 Å². The van der Waals surface area contributed by atoms with Gasteiger partial charge in [-0.3, -0.25) is 14.2 Å². The molecule has 100 valence electrons. The first-order valence-corrected chi connectivity index (χ1v) is 6.14. The van der Waals surface area contributed by atoms with Gasteiger partial charge in [0.05, 0.1) is 18.4 Å². The van der Waals surface area contributed by atoms with Crippen molar-refractivity contribution in [3.8, 4) is 0 Å². The highest BCUT2D eigenvalue weighted by Crippen LogP contribution is 2.00. The third kappa shape index (κ3) is 3.80. The van der Waals surface area contributed by atoms with E-state index < -0.39 is 0 Å². The molecule has 0 bridgehead atoms. The van der Waals surface area contributed by atoms with Crippen molar-refractivity contribution >= 4 is 12.0 Å². The van der Waals surface area contributed by atoms with Gasteiger partial charge in [-0.15, -0.1) is 0 Å². The molecule has 2 aromatic heterocycles. The van der Waals surface area contributed by atoms with Crippen molar-refractivity contribution in [2.24, 2.45) is 7.05 Å². The predicted molar refractivity (Wildman–Crippen MR) is 72.0 cm³/mol. The van der Waals surface area contributed by atoms with Gasteiger partial charge in [0.15, 0.2) is 0 Å². The molecular formula is C13H17N5O. The monoisotopic (exact) mass is 259 g/mol. The average Bonchev–Trinajstić information content (AvgIpc) is 3.02. The maximum Gasteiger partial charge on any atom is 0.244 e. The Kier molecular flexibility index (Phi) is 4.12. The Balaban J connectivity index is 1.83. The molecule has 0 radical (unpaired) electrons. The molecule has 0 aliphatic heterocycles. The Hall–Kier alpha value is -2.37. The first-order chi connectivity index (χ1) is 9.17. The van der Waals surface area contributed by atoms with E-state index in [2.05, 4.69) is 15.5 Å². The van der Waals surface area contributed by atoms with Crippen LogP contribution >= 0.6 is 0 Å². The Morgan fingerprint density at radius 2 is 2.37 bits per heavy atom. The van der Waals surface area contributed by atoms with Crippen LogP contribution in [0.2, 0.25) is 0 Å². The molecule has 6 nitrogen and oxygen atoms in total. The highest BCUT2D eigenvalue weighted by Gasteiger charge is 1.99. The van der Waals surface area contributed by atoms with Crippen molar-refractivity contribution in [3.63, 3.8) is 0 Å². The lowest BCUT2D eigenvalue weighted by molar-refractivity contribution is -0.116. The minimum atomic E-state index is -0.144. The lowest BCUT2D eigenvalue weighted by Gasteiger charge is -1.98. The molecule has 0 aromatic carbocycles. The zero-order chi connectivity index (χ0) is 13.7. The van der Waals surface area contributed by atoms with Crippen molar-refractivity contribution in [1.82, 2.24) is 24.9 Å². The molecule has 1 amide bonds. The minimum absolute atomic E-state index is 0.144.